The molecule has 0 atom stereocenters. The molecule has 0 unspecified atom stereocenters. The van der Waals surface area contributed by atoms with Crippen LogP contribution in [0.25, 0.3) is 0 Å². The first-order chi connectivity index (χ1) is 14.6. The molecule has 2 nitrogen and oxygen atoms in total. The number of nitrogens with one attached hydrogen (secondary N) is 1. The Kier molecular flexibility index (Phi) is 3.41. The van der Waals surface area contributed by atoms with Gasteiger partial charge < -0.3 is 5.32 Å². The summed E-state index contributed by atoms with van der Waals surface area (Å²) >= 11 is 0. The molecule has 2 heteroatoms. The number of aryl methyl sites for hydroxylation is 2. The normalized spacial score (nSPS) is 14.9. The smallest absolute Gasteiger partial charge is 0.193 e. The topological polar surface area (TPSA) is 29.1 Å². The van der Waals surface area contributed by atoms with Crippen LogP contribution >= 0.6 is 0 Å². The predicted octanol–water partition coefficient (Wildman–Crippen LogP) is 6.29. The van der Waals surface area contributed by atoms with E-state index in [-0.39, 0.29) is 5.78 Å². The van der Waals surface area contributed by atoms with E-state index in [4.69, 9.17) is 0 Å². The van der Waals surface area contributed by atoms with Gasteiger partial charge in [0.25, 0.3) is 0 Å². The predicted molar refractivity (Wildman–Crippen MR) is 121 cm³/mol. The van der Waals surface area contributed by atoms with E-state index >= 15 is 0 Å². The molecule has 0 fully saturated rings. The van der Waals surface area contributed by atoms with E-state index in [9.17, 15) is 4.79 Å². The van der Waals surface area contributed by atoms with Gasteiger partial charge in [0.05, 0.1) is 5.41 Å². The van der Waals surface area contributed by atoms with Gasteiger partial charge in [-0.3, -0.25) is 4.79 Å². The largest absolute Gasteiger partial charge is 0.355 e. The Labute approximate surface area is 176 Å². The third-order valence-corrected chi connectivity index (χ3v) is 6.58. The SMILES string of the molecule is Cc1ccc2c(c1)C1(c3cc(C)ccc3N2)c2ccccc2C(=O)c2ccccc21. The molecule has 4 aromatic carbocycles. The molecular formula is C28H21NO. The minimum Gasteiger partial charge on any atom is -0.355 e. The molecule has 1 heterocycles. The molecule has 0 saturated carbocycles. The molecule has 1 aliphatic heterocycles. The maximum Gasteiger partial charge on any atom is 0.193 e. The van der Waals surface area contributed by atoms with Crippen molar-refractivity contribution in [3.8, 4) is 0 Å². The molecule has 0 bridgehead atoms. The first kappa shape index (κ1) is 17.2. The fourth-order valence-corrected chi connectivity index (χ4v) is 5.33. The lowest BCUT2D eigenvalue weighted by atomic mass is 9.57. The Balaban J connectivity index is 1.88. The molecule has 4 aromatic rings. The molecule has 30 heavy (non-hydrogen) atoms. The summed E-state index contributed by atoms with van der Waals surface area (Å²) < 4.78 is 0. The highest BCUT2D eigenvalue weighted by molar-refractivity contribution is 6.14. The Bertz CT molecular complexity index is 1260. The second kappa shape index (κ2) is 5.93. The highest BCUT2D eigenvalue weighted by atomic mass is 16.1. The van der Waals surface area contributed by atoms with Crippen LogP contribution in [0.3, 0.4) is 0 Å². The van der Waals surface area contributed by atoms with Gasteiger partial charge in [0.1, 0.15) is 0 Å². The Morgan fingerprint density at radius 2 is 1.07 bits per heavy atom. The summed E-state index contributed by atoms with van der Waals surface area (Å²) in [6.07, 6.45) is 0. The lowest BCUT2D eigenvalue weighted by Gasteiger charge is -2.46. The van der Waals surface area contributed by atoms with Crippen molar-refractivity contribution in [1.29, 1.82) is 0 Å². The third-order valence-electron chi connectivity index (χ3n) is 6.58. The molecule has 0 radical (unpaired) electrons. The van der Waals surface area contributed by atoms with Crippen molar-refractivity contribution in [2.75, 3.05) is 5.32 Å². The maximum absolute atomic E-state index is 13.5. The van der Waals surface area contributed by atoms with Crippen LogP contribution < -0.4 is 5.32 Å². The van der Waals surface area contributed by atoms with Gasteiger partial charge in [0.2, 0.25) is 0 Å². The van der Waals surface area contributed by atoms with Gasteiger partial charge in [-0.15, -0.1) is 0 Å². The number of carbonyl (C=O) groups excluding carboxylic acids is 1. The van der Waals surface area contributed by atoms with Gasteiger partial charge in [-0.1, -0.05) is 83.9 Å². The zero-order valence-corrected chi connectivity index (χ0v) is 17.0. The van der Waals surface area contributed by atoms with Gasteiger partial charge in [-0.25, -0.2) is 0 Å². The maximum atomic E-state index is 13.5. The quantitative estimate of drug-likeness (QED) is 0.332. The van der Waals surface area contributed by atoms with E-state index in [1.54, 1.807) is 0 Å². The number of hydrogen-bond donors (Lipinski definition) is 1. The van der Waals surface area contributed by atoms with Crippen LogP contribution in [-0.4, -0.2) is 5.78 Å². The average molecular weight is 387 g/mol. The molecule has 0 amide bonds. The number of carbonyl (C=O) groups is 1. The summed E-state index contributed by atoms with van der Waals surface area (Å²) in [5.41, 5.74) is 10.2. The molecule has 0 aromatic heterocycles. The van der Waals surface area contributed by atoms with Gasteiger partial charge in [-0.2, -0.15) is 0 Å². The number of fused-ring (bicyclic) bond motifs is 8. The molecule has 0 saturated heterocycles. The van der Waals surface area contributed by atoms with E-state index in [1.165, 1.54) is 22.3 Å². The third kappa shape index (κ3) is 2.06. The van der Waals surface area contributed by atoms with Crippen LogP contribution in [0.1, 0.15) is 49.3 Å². The van der Waals surface area contributed by atoms with E-state index in [1.807, 2.05) is 24.3 Å². The van der Waals surface area contributed by atoms with Gasteiger partial charge in [-0.05, 0) is 48.2 Å². The van der Waals surface area contributed by atoms with Gasteiger partial charge >= 0.3 is 0 Å². The minimum atomic E-state index is -0.533. The summed E-state index contributed by atoms with van der Waals surface area (Å²) in [6.45, 7) is 4.26. The number of benzene rings is 4. The zero-order valence-electron chi connectivity index (χ0n) is 17.0. The van der Waals surface area contributed by atoms with E-state index in [0.29, 0.717) is 0 Å². The van der Waals surface area contributed by atoms with Crippen molar-refractivity contribution in [3.63, 3.8) is 0 Å². The summed E-state index contributed by atoms with van der Waals surface area (Å²) in [4.78, 5) is 13.5. The highest BCUT2D eigenvalue weighted by Gasteiger charge is 2.50. The number of rotatable bonds is 0. The lowest BCUT2D eigenvalue weighted by molar-refractivity contribution is 0.103. The van der Waals surface area contributed by atoms with Crippen LogP contribution in [0.2, 0.25) is 0 Å². The Hall–Kier alpha value is -3.65. The van der Waals surface area contributed by atoms with Crippen LogP contribution in [0.5, 0.6) is 0 Å². The van der Waals surface area contributed by atoms with Gasteiger partial charge in [0.15, 0.2) is 5.78 Å². The monoisotopic (exact) mass is 387 g/mol. The molecule has 1 aliphatic carbocycles. The van der Waals surface area contributed by atoms with E-state index in [2.05, 4.69) is 79.8 Å². The molecule has 1 N–H and O–H groups in total. The van der Waals surface area contributed by atoms with Crippen molar-refractivity contribution >= 4 is 17.2 Å². The number of ketones is 1. The van der Waals surface area contributed by atoms with E-state index in [0.717, 1.165) is 33.6 Å². The Morgan fingerprint density at radius 3 is 1.57 bits per heavy atom. The van der Waals surface area contributed by atoms with Crippen molar-refractivity contribution in [2.45, 2.75) is 19.3 Å². The summed E-state index contributed by atoms with van der Waals surface area (Å²) in [7, 11) is 0. The molecule has 1 spiro atoms. The fourth-order valence-electron chi connectivity index (χ4n) is 5.33. The highest BCUT2D eigenvalue weighted by Crippen LogP contribution is 2.57. The van der Waals surface area contributed by atoms with Gasteiger partial charge in [0, 0.05) is 22.5 Å². The Morgan fingerprint density at radius 1 is 0.600 bits per heavy atom. The summed E-state index contributed by atoms with van der Waals surface area (Å²) in [5.74, 6) is 0.105. The number of anilines is 2. The second-order valence-corrected chi connectivity index (χ2v) is 8.39. The standard InChI is InChI=1S/C28H21NO/c1-17-11-13-25-23(15-17)28(24-16-18(2)12-14-26(24)29-25)21-9-5-3-7-19(21)27(30)20-8-4-6-10-22(20)28/h3-16,29H,1-2H3. The zero-order chi connectivity index (χ0) is 20.5. The number of hydrogen-bond acceptors (Lipinski definition) is 2. The van der Waals surface area contributed by atoms with Crippen LogP contribution in [0, 0.1) is 13.8 Å². The van der Waals surface area contributed by atoms with Crippen molar-refractivity contribution < 1.29 is 4.79 Å². The van der Waals surface area contributed by atoms with Crippen LogP contribution in [0.4, 0.5) is 11.4 Å². The van der Waals surface area contributed by atoms with Crippen molar-refractivity contribution in [2.24, 2.45) is 0 Å². The molecular weight excluding hydrogens is 366 g/mol. The van der Waals surface area contributed by atoms with Crippen molar-refractivity contribution in [3.05, 3.63) is 129 Å². The first-order valence-corrected chi connectivity index (χ1v) is 10.3. The summed E-state index contributed by atoms with van der Waals surface area (Å²) in [5, 5.41) is 3.65. The lowest BCUT2D eigenvalue weighted by Crippen LogP contribution is -2.40. The molecule has 6 rings (SSSR count). The molecule has 144 valence electrons. The fraction of sp³-hybridized carbons (Fsp3) is 0.107. The molecule has 2 aliphatic rings. The van der Waals surface area contributed by atoms with E-state index < -0.39 is 5.41 Å². The van der Waals surface area contributed by atoms with Crippen LogP contribution in [-0.2, 0) is 5.41 Å². The first-order valence-electron chi connectivity index (χ1n) is 10.3. The minimum absolute atomic E-state index is 0.105. The van der Waals surface area contributed by atoms with Crippen molar-refractivity contribution in [1.82, 2.24) is 0 Å². The van der Waals surface area contributed by atoms with Crippen LogP contribution in [0.15, 0.2) is 84.9 Å². The summed E-state index contributed by atoms with van der Waals surface area (Å²) in [6, 6.07) is 29.4. The average Bonchev–Trinajstić information content (AvgIpc) is 2.77. The second-order valence-electron chi connectivity index (χ2n) is 8.39.